The molecule has 0 spiro atoms. The van der Waals surface area contributed by atoms with Crippen LogP contribution in [0.5, 0.6) is 0 Å². The first kappa shape index (κ1) is 32.2. The third-order valence-corrected chi connectivity index (χ3v) is 8.93. The number of aliphatic carboxylic acids is 1. The number of hydrogen-bond donors (Lipinski definition) is 3. The largest absolute Gasteiger partial charge is 0.492 e. The molecule has 1 saturated heterocycles. The molecular formula is C34H27ClN6O6S. The summed E-state index contributed by atoms with van der Waals surface area (Å²) in [7, 11) is 0. The molecule has 2 atom stereocenters. The van der Waals surface area contributed by atoms with Gasteiger partial charge in [0.1, 0.15) is 41.8 Å². The number of allylic oxidation sites excluding steroid dienone is 1. The molecule has 0 saturated carbocycles. The molecule has 3 N–H and O–H groups in total. The van der Waals surface area contributed by atoms with E-state index in [1.807, 2.05) is 91.0 Å². The molecule has 2 aliphatic rings. The van der Waals surface area contributed by atoms with Gasteiger partial charge in [0.25, 0.3) is 11.8 Å². The number of carbonyl (C=O) groups is 3. The molecule has 14 heteroatoms. The summed E-state index contributed by atoms with van der Waals surface area (Å²) in [5.74, 6) is -3.10. The van der Waals surface area contributed by atoms with Crippen LogP contribution in [0.15, 0.2) is 113 Å². The molecule has 242 valence electrons. The first-order chi connectivity index (χ1) is 23.4. The number of carbonyl (C=O) groups excluding carboxylic acids is 2. The average molecular weight is 683 g/mol. The molecule has 0 radical (unpaired) electrons. The lowest BCUT2D eigenvalue weighted by Crippen LogP contribution is -2.73. The van der Waals surface area contributed by atoms with Gasteiger partial charge in [-0.1, -0.05) is 96.2 Å². The van der Waals surface area contributed by atoms with Crippen molar-refractivity contribution in [2.45, 2.75) is 17.6 Å². The van der Waals surface area contributed by atoms with Crippen molar-refractivity contribution >= 4 is 51.6 Å². The minimum atomic E-state index is -1.37. The standard InChI is InChI=1S/C34H27ClN6O6S/c35-18-26-29(32(44)45)41-25(19-46-26)28(31(41)43)38-30(42)27(40-47-17-16-36)24-20-48-33(37-24)39-34(21-10-4-1-5-11-21,22-12-6-2-7-13-22)23-14-8-3-9-15-23/h1-15,20,25,28H,17-19H2,(H,37,39)(H,38,42)(H,44,45)/b40-27+/t25-,28+/m1/s1. The quantitative estimate of drug-likeness (QED) is 0.0499. The van der Waals surface area contributed by atoms with Crippen molar-refractivity contribution in [1.82, 2.24) is 15.2 Å². The fraction of sp³-hybridized carbons (Fsp3) is 0.176. The second-order valence-electron chi connectivity index (χ2n) is 10.6. The van der Waals surface area contributed by atoms with Gasteiger partial charge in [-0.25, -0.2) is 9.78 Å². The normalized spacial score (nSPS) is 17.4. The topological polar surface area (TPSA) is 166 Å². The lowest BCUT2D eigenvalue weighted by Gasteiger charge is -2.49. The molecule has 0 unspecified atom stereocenters. The highest BCUT2D eigenvalue weighted by atomic mass is 35.5. The van der Waals surface area contributed by atoms with Crippen molar-refractivity contribution in [2.75, 3.05) is 24.4 Å². The third kappa shape index (κ3) is 5.94. The summed E-state index contributed by atoms with van der Waals surface area (Å²) in [6.07, 6.45) is 0. The zero-order valence-corrected chi connectivity index (χ0v) is 26.6. The Morgan fingerprint density at radius 2 is 1.65 bits per heavy atom. The minimum Gasteiger partial charge on any atom is -0.492 e. The lowest BCUT2D eigenvalue weighted by atomic mass is 9.77. The summed E-state index contributed by atoms with van der Waals surface area (Å²) in [6.45, 7) is -0.510. The van der Waals surface area contributed by atoms with Gasteiger partial charge >= 0.3 is 5.97 Å². The number of anilines is 1. The SMILES string of the molecule is N#CCO/N=C(/C(=O)N[C@@H]1C(=O)N2C(C(=O)O)=C(CCl)OC[C@H]12)c1csc(NC(c2ccccc2)(c2ccccc2)c2ccccc2)n1. The van der Waals surface area contributed by atoms with E-state index in [1.54, 1.807) is 11.4 Å². The molecule has 2 aliphatic heterocycles. The van der Waals surface area contributed by atoms with Crippen LogP contribution < -0.4 is 10.6 Å². The second kappa shape index (κ2) is 14.0. The monoisotopic (exact) mass is 682 g/mol. The van der Waals surface area contributed by atoms with Crippen LogP contribution in [-0.4, -0.2) is 69.7 Å². The number of benzene rings is 3. The smallest absolute Gasteiger partial charge is 0.356 e. The van der Waals surface area contributed by atoms with Crippen LogP contribution >= 0.6 is 22.9 Å². The zero-order chi connectivity index (χ0) is 33.7. The molecule has 3 aromatic carbocycles. The number of rotatable bonds is 12. The number of alkyl halides is 1. The van der Waals surface area contributed by atoms with E-state index >= 15 is 0 Å². The molecule has 6 rings (SSSR count). The molecule has 4 aromatic rings. The Kier molecular flexibility index (Phi) is 9.38. The van der Waals surface area contributed by atoms with E-state index in [-0.39, 0.29) is 35.3 Å². The van der Waals surface area contributed by atoms with E-state index < -0.39 is 42.0 Å². The van der Waals surface area contributed by atoms with Crippen LogP contribution in [0.4, 0.5) is 5.13 Å². The van der Waals surface area contributed by atoms with Crippen molar-refractivity contribution in [3.05, 3.63) is 130 Å². The predicted octanol–water partition coefficient (Wildman–Crippen LogP) is 4.05. The Labute approximate surface area is 283 Å². The summed E-state index contributed by atoms with van der Waals surface area (Å²) >= 11 is 7.05. The molecule has 48 heavy (non-hydrogen) atoms. The zero-order valence-electron chi connectivity index (χ0n) is 25.1. The Morgan fingerprint density at radius 3 is 2.17 bits per heavy atom. The predicted molar refractivity (Wildman–Crippen MR) is 177 cm³/mol. The number of halogens is 1. The molecule has 2 amide bonds. The van der Waals surface area contributed by atoms with E-state index in [0.717, 1.165) is 21.6 Å². The Bertz CT molecular complexity index is 1830. The van der Waals surface area contributed by atoms with Crippen LogP contribution in [-0.2, 0) is 29.5 Å². The van der Waals surface area contributed by atoms with Gasteiger partial charge in [-0.3, -0.25) is 14.5 Å². The fourth-order valence-electron chi connectivity index (χ4n) is 5.78. The van der Waals surface area contributed by atoms with Gasteiger partial charge in [0.05, 0.1) is 5.88 Å². The van der Waals surface area contributed by atoms with E-state index in [9.17, 15) is 19.5 Å². The van der Waals surface area contributed by atoms with Gasteiger partial charge in [0, 0.05) is 5.38 Å². The first-order valence-electron chi connectivity index (χ1n) is 14.7. The number of thiazole rings is 1. The number of aromatic nitrogens is 1. The van der Waals surface area contributed by atoms with E-state index in [0.29, 0.717) is 5.13 Å². The molecule has 12 nitrogen and oxygen atoms in total. The highest BCUT2D eigenvalue weighted by molar-refractivity contribution is 7.14. The van der Waals surface area contributed by atoms with Crippen molar-refractivity contribution < 1.29 is 29.1 Å². The van der Waals surface area contributed by atoms with Crippen molar-refractivity contribution in [3.8, 4) is 6.07 Å². The van der Waals surface area contributed by atoms with E-state index in [2.05, 4.69) is 15.8 Å². The van der Waals surface area contributed by atoms with Gasteiger partial charge in [-0.05, 0) is 16.7 Å². The summed E-state index contributed by atoms with van der Waals surface area (Å²) in [6, 6.07) is 29.6. The number of amides is 2. The van der Waals surface area contributed by atoms with Gasteiger partial charge in [-0.2, -0.15) is 5.26 Å². The van der Waals surface area contributed by atoms with Crippen molar-refractivity contribution in [3.63, 3.8) is 0 Å². The summed E-state index contributed by atoms with van der Waals surface area (Å²) in [5.41, 5.74) is 1.42. The van der Waals surface area contributed by atoms with Crippen molar-refractivity contribution in [1.29, 1.82) is 5.26 Å². The average Bonchev–Trinajstić information content (AvgIpc) is 3.59. The summed E-state index contributed by atoms with van der Waals surface area (Å²) in [4.78, 5) is 49.4. The molecule has 0 aliphatic carbocycles. The summed E-state index contributed by atoms with van der Waals surface area (Å²) < 4.78 is 5.49. The number of fused-ring (bicyclic) bond motifs is 1. The molecule has 1 aromatic heterocycles. The maximum absolute atomic E-state index is 13.6. The number of nitrogens with zero attached hydrogens (tertiary/aromatic N) is 4. The van der Waals surface area contributed by atoms with Crippen LogP contribution in [0.2, 0.25) is 0 Å². The minimum absolute atomic E-state index is 0.0363. The highest BCUT2D eigenvalue weighted by Crippen LogP contribution is 2.41. The molecule has 1 fully saturated rings. The summed E-state index contributed by atoms with van der Waals surface area (Å²) in [5, 5.41) is 30.9. The maximum Gasteiger partial charge on any atom is 0.356 e. The van der Waals surface area contributed by atoms with Crippen LogP contribution in [0.1, 0.15) is 22.4 Å². The van der Waals surface area contributed by atoms with Gasteiger partial charge in [0.15, 0.2) is 16.5 Å². The fourth-order valence-corrected chi connectivity index (χ4v) is 6.74. The number of carboxylic acids is 1. The molecular weight excluding hydrogens is 656 g/mol. The number of carboxylic acid groups (broad SMARTS) is 1. The number of hydrogen-bond acceptors (Lipinski definition) is 10. The second-order valence-corrected chi connectivity index (χ2v) is 11.8. The Balaban J connectivity index is 1.33. The number of oxime groups is 1. The first-order valence-corrected chi connectivity index (χ1v) is 16.1. The van der Waals surface area contributed by atoms with Gasteiger partial charge in [0.2, 0.25) is 6.61 Å². The van der Waals surface area contributed by atoms with Crippen LogP contribution in [0.3, 0.4) is 0 Å². The maximum atomic E-state index is 13.6. The number of nitrogens with one attached hydrogen (secondary N) is 2. The Hall–Kier alpha value is -5.71. The van der Waals surface area contributed by atoms with Crippen LogP contribution in [0, 0.1) is 11.3 Å². The highest BCUT2D eigenvalue weighted by Gasteiger charge is 2.55. The number of nitriles is 1. The van der Waals surface area contributed by atoms with Gasteiger partial charge in [-0.15, -0.1) is 22.9 Å². The number of β-lactam (4-membered cyclic amide) rings is 1. The third-order valence-electron chi connectivity index (χ3n) is 7.93. The Morgan fingerprint density at radius 1 is 1.06 bits per heavy atom. The molecule has 3 heterocycles. The van der Waals surface area contributed by atoms with E-state index in [4.69, 9.17) is 31.4 Å². The van der Waals surface area contributed by atoms with Crippen LogP contribution in [0.25, 0.3) is 0 Å². The molecule has 0 bridgehead atoms. The van der Waals surface area contributed by atoms with Crippen molar-refractivity contribution in [2.24, 2.45) is 5.16 Å². The number of ether oxygens (including phenoxy) is 1. The van der Waals surface area contributed by atoms with E-state index in [1.165, 1.54) is 11.3 Å². The lowest BCUT2D eigenvalue weighted by molar-refractivity contribution is -0.160. The van der Waals surface area contributed by atoms with Gasteiger partial charge < -0.3 is 25.3 Å².